The van der Waals surface area contributed by atoms with Crippen LogP contribution in [0.5, 0.6) is 0 Å². The van der Waals surface area contributed by atoms with Gasteiger partial charge in [-0.2, -0.15) is 0 Å². The van der Waals surface area contributed by atoms with E-state index < -0.39 is 0 Å². The van der Waals surface area contributed by atoms with E-state index in [-0.39, 0.29) is 5.78 Å². The third kappa shape index (κ3) is 2.26. The highest BCUT2D eigenvalue weighted by atomic mass is 79.9. The van der Waals surface area contributed by atoms with Crippen molar-refractivity contribution in [3.05, 3.63) is 34.3 Å². The van der Waals surface area contributed by atoms with Crippen LogP contribution < -0.4 is 5.32 Å². The van der Waals surface area contributed by atoms with E-state index in [1.54, 1.807) is 0 Å². The molecule has 0 spiro atoms. The van der Waals surface area contributed by atoms with E-state index in [1.807, 2.05) is 24.3 Å². The summed E-state index contributed by atoms with van der Waals surface area (Å²) in [6, 6.07) is 8.12. The van der Waals surface area contributed by atoms with Gasteiger partial charge < -0.3 is 5.32 Å². The molecule has 1 saturated heterocycles. The van der Waals surface area contributed by atoms with E-state index in [0.717, 1.165) is 28.4 Å². The lowest BCUT2D eigenvalue weighted by Gasteiger charge is -2.17. The van der Waals surface area contributed by atoms with Gasteiger partial charge in [0.2, 0.25) is 0 Å². The van der Waals surface area contributed by atoms with Crippen molar-refractivity contribution < 1.29 is 4.79 Å². The summed E-state index contributed by atoms with van der Waals surface area (Å²) in [7, 11) is 0. The van der Waals surface area contributed by atoms with E-state index in [1.165, 1.54) is 19.3 Å². The number of ketones is 1. The summed E-state index contributed by atoms with van der Waals surface area (Å²) < 4.78 is 0.913. The summed E-state index contributed by atoms with van der Waals surface area (Å²) in [6.07, 6.45) is 4.63. The van der Waals surface area contributed by atoms with Crippen LogP contribution in [0, 0.1) is 11.8 Å². The van der Waals surface area contributed by atoms with Crippen LogP contribution in [0.3, 0.4) is 0 Å². The topological polar surface area (TPSA) is 29.1 Å². The number of benzene rings is 1. The number of nitrogens with one attached hydrogen (secondary N) is 1. The monoisotopic (exact) mass is 307 g/mol. The molecule has 0 bridgehead atoms. The number of Topliss-reactive ketones (excluding diaryl/α,β-unsaturated/α-hetero) is 1. The molecule has 18 heavy (non-hydrogen) atoms. The molecule has 2 fully saturated rings. The molecule has 3 atom stereocenters. The molecule has 1 aromatic carbocycles. The van der Waals surface area contributed by atoms with Crippen molar-refractivity contribution in [1.29, 1.82) is 0 Å². The first-order chi connectivity index (χ1) is 8.75. The summed E-state index contributed by atoms with van der Waals surface area (Å²) in [5.41, 5.74) is 0.820. The van der Waals surface area contributed by atoms with Crippen molar-refractivity contribution in [2.45, 2.75) is 31.7 Å². The molecule has 1 N–H and O–H groups in total. The molecule has 1 aliphatic carbocycles. The minimum atomic E-state index is 0.257. The van der Waals surface area contributed by atoms with Gasteiger partial charge in [0, 0.05) is 22.5 Å². The molecule has 3 rings (SSSR count). The molecule has 3 unspecified atom stereocenters. The maximum atomic E-state index is 12.3. The Balaban J connectivity index is 1.70. The van der Waals surface area contributed by atoms with Gasteiger partial charge in [0.1, 0.15) is 0 Å². The Morgan fingerprint density at radius 1 is 1.33 bits per heavy atom. The van der Waals surface area contributed by atoms with Crippen LogP contribution >= 0.6 is 15.9 Å². The van der Waals surface area contributed by atoms with Gasteiger partial charge in [-0.15, -0.1) is 0 Å². The van der Waals surface area contributed by atoms with Crippen molar-refractivity contribution in [2.75, 3.05) is 6.54 Å². The number of hydrogen-bond acceptors (Lipinski definition) is 2. The highest BCUT2D eigenvalue weighted by Crippen LogP contribution is 2.39. The molecule has 2 nitrogen and oxygen atoms in total. The van der Waals surface area contributed by atoms with Gasteiger partial charge in [-0.25, -0.2) is 0 Å². The fourth-order valence-electron chi connectivity index (χ4n) is 3.52. The van der Waals surface area contributed by atoms with Crippen LogP contribution in [-0.4, -0.2) is 18.4 Å². The summed E-state index contributed by atoms with van der Waals surface area (Å²) >= 11 is 3.46. The molecule has 0 radical (unpaired) electrons. The molecule has 2 aliphatic rings. The zero-order chi connectivity index (χ0) is 12.5. The van der Waals surface area contributed by atoms with Crippen molar-refractivity contribution >= 4 is 21.7 Å². The number of rotatable bonds is 3. The smallest absolute Gasteiger partial charge is 0.165 e. The Morgan fingerprint density at radius 3 is 3.00 bits per heavy atom. The van der Waals surface area contributed by atoms with Crippen LogP contribution in [0.25, 0.3) is 0 Å². The fraction of sp³-hybridized carbons (Fsp3) is 0.533. The number of carbonyl (C=O) groups is 1. The van der Waals surface area contributed by atoms with Crippen LogP contribution in [0.2, 0.25) is 0 Å². The molecule has 96 valence electrons. The summed E-state index contributed by atoms with van der Waals surface area (Å²) in [4.78, 5) is 12.3. The standard InChI is InChI=1S/C15H18BrNO/c16-13-7-2-1-5-12(13)15(18)8-14-11-6-3-4-10(11)9-17-14/h1-2,5,7,10-11,14,17H,3-4,6,8-9H2. The largest absolute Gasteiger partial charge is 0.313 e. The minimum Gasteiger partial charge on any atom is -0.313 e. The quantitative estimate of drug-likeness (QED) is 0.867. The lowest BCUT2D eigenvalue weighted by atomic mass is 9.90. The van der Waals surface area contributed by atoms with Crippen molar-refractivity contribution in [2.24, 2.45) is 11.8 Å². The zero-order valence-electron chi connectivity index (χ0n) is 10.4. The van der Waals surface area contributed by atoms with Crippen molar-refractivity contribution in [3.8, 4) is 0 Å². The average molecular weight is 308 g/mol. The molecule has 1 aliphatic heterocycles. The first-order valence-electron chi connectivity index (χ1n) is 6.77. The second kappa shape index (κ2) is 5.14. The van der Waals surface area contributed by atoms with Gasteiger partial charge in [-0.05, 0) is 37.3 Å². The van der Waals surface area contributed by atoms with E-state index >= 15 is 0 Å². The van der Waals surface area contributed by atoms with E-state index in [9.17, 15) is 4.79 Å². The van der Waals surface area contributed by atoms with Gasteiger partial charge in [-0.1, -0.05) is 40.5 Å². The fourth-order valence-corrected chi connectivity index (χ4v) is 4.03. The summed E-state index contributed by atoms with van der Waals surface area (Å²) in [5.74, 6) is 1.81. The number of carbonyl (C=O) groups excluding carboxylic acids is 1. The number of hydrogen-bond donors (Lipinski definition) is 1. The lowest BCUT2D eigenvalue weighted by Crippen LogP contribution is -2.29. The molecule has 1 heterocycles. The van der Waals surface area contributed by atoms with Crippen LogP contribution in [-0.2, 0) is 0 Å². The van der Waals surface area contributed by atoms with Gasteiger partial charge in [0.25, 0.3) is 0 Å². The molecule has 0 amide bonds. The Labute approximate surface area is 116 Å². The highest BCUT2D eigenvalue weighted by Gasteiger charge is 2.39. The van der Waals surface area contributed by atoms with Crippen LogP contribution in [0.4, 0.5) is 0 Å². The van der Waals surface area contributed by atoms with E-state index in [4.69, 9.17) is 0 Å². The Bertz CT molecular complexity index is 460. The average Bonchev–Trinajstić information content (AvgIpc) is 2.94. The number of halogens is 1. The van der Waals surface area contributed by atoms with E-state index in [2.05, 4.69) is 21.2 Å². The molecule has 3 heteroatoms. The third-order valence-corrected chi connectivity index (χ3v) is 5.15. The second-order valence-electron chi connectivity index (χ2n) is 5.48. The zero-order valence-corrected chi connectivity index (χ0v) is 11.9. The first kappa shape index (κ1) is 12.4. The molecule has 0 aromatic heterocycles. The number of fused-ring (bicyclic) bond motifs is 1. The maximum absolute atomic E-state index is 12.3. The van der Waals surface area contributed by atoms with Gasteiger partial charge >= 0.3 is 0 Å². The lowest BCUT2D eigenvalue weighted by molar-refractivity contribution is 0.0963. The molecule has 1 aromatic rings. The van der Waals surface area contributed by atoms with Crippen LogP contribution in [0.1, 0.15) is 36.0 Å². The SMILES string of the molecule is O=C(CC1NCC2CCCC21)c1ccccc1Br. The summed E-state index contributed by atoms with van der Waals surface area (Å²) in [5, 5.41) is 3.54. The molecular formula is C15H18BrNO. The highest BCUT2D eigenvalue weighted by molar-refractivity contribution is 9.10. The predicted octanol–water partition coefficient (Wildman–Crippen LogP) is 3.41. The Kier molecular flexibility index (Phi) is 3.53. The van der Waals surface area contributed by atoms with Gasteiger partial charge in [0.05, 0.1) is 0 Å². The van der Waals surface area contributed by atoms with Crippen LogP contribution in [0.15, 0.2) is 28.7 Å². The molecule has 1 saturated carbocycles. The Morgan fingerprint density at radius 2 is 2.17 bits per heavy atom. The maximum Gasteiger partial charge on any atom is 0.165 e. The van der Waals surface area contributed by atoms with Crippen molar-refractivity contribution in [3.63, 3.8) is 0 Å². The van der Waals surface area contributed by atoms with E-state index in [0.29, 0.717) is 12.5 Å². The van der Waals surface area contributed by atoms with Gasteiger partial charge in [0.15, 0.2) is 5.78 Å². The predicted molar refractivity (Wildman–Crippen MR) is 75.7 cm³/mol. The minimum absolute atomic E-state index is 0.257. The second-order valence-corrected chi connectivity index (χ2v) is 6.33. The first-order valence-corrected chi connectivity index (χ1v) is 7.56. The van der Waals surface area contributed by atoms with Gasteiger partial charge in [-0.3, -0.25) is 4.79 Å². The summed E-state index contributed by atoms with van der Waals surface area (Å²) in [6.45, 7) is 1.11. The normalized spacial score (nSPS) is 30.4. The van der Waals surface area contributed by atoms with Crippen molar-refractivity contribution in [1.82, 2.24) is 5.32 Å². The molecular weight excluding hydrogens is 290 g/mol. The Hall–Kier alpha value is -0.670. The third-order valence-electron chi connectivity index (χ3n) is 4.46.